The Morgan fingerprint density at radius 3 is 2.35 bits per heavy atom. The summed E-state index contributed by atoms with van der Waals surface area (Å²) in [5, 5.41) is 83.2. The minimum atomic E-state index is -1.62. The van der Waals surface area contributed by atoms with Gasteiger partial charge in [0.05, 0.1) is 35.1 Å². The average molecular weight is 677 g/mol. The molecule has 1 spiro atoms. The molecule has 5 fully saturated rings. The number of aliphatic hydroxyl groups excluding tert-OH is 2. The van der Waals surface area contributed by atoms with Crippen LogP contribution < -0.4 is 0 Å². The Morgan fingerprint density at radius 1 is 0.918 bits per heavy atom. The van der Waals surface area contributed by atoms with Crippen LogP contribution in [0.25, 0.3) is 0 Å². The zero-order valence-corrected chi connectivity index (χ0v) is 29.2. The van der Waals surface area contributed by atoms with Crippen molar-refractivity contribution in [3.05, 3.63) is 47.1 Å². The smallest absolute Gasteiger partial charge is 0.160 e. The number of benzene rings is 1. The van der Waals surface area contributed by atoms with Crippen LogP contribution in [0.1, 0.15) is 96.6 Å². The number of rotatable bonds is 0. The first kappa shape index (κ1) is 32.6. The standard InChI is InChI=1S/C40H52O9/c1-19-33(45)40(20-6-10-34(19,2)11-7-20)37(5,46)32-28(49-40)17-39(48)25-16-27(43)31-30-23-14-21(41)15-26(42)22(23)8-13-38(30,47)29(44)18-35(31,3)24(25)9-12-36(32,39)4/h6,10,14-16,19-20,24,28-33,41-42,44-48H,7-9,11-13,17-18H2,1-5H3/t19-,20-,24+,28-,29-,30+,31-,32+,33-,34-,35+,36+,37+,38+,39-,40-/m0/s1. The van der Waals surface area contributed by atoms with Gasteiger partial charge in [-0.15, -0.1) is 0 Å². The third kappa shape index (κ3) is 3.47. The minimum Gasteiger partial charge on any atom is -0.508 e. The molecule has 16 atom stereocenters. The summed E-state index contributed by atoms with van der Waals surface area (Å²) in [6.07, 6.45) is 6.92. The SMILES string of the molecule is C[C@H]1[C@H](O)[C@@]2(O[C@H]3C[C@]4(O)C5=CC(=O)[C@H]6[C@H]7c8cc(O)cc(O)c8CC[C@@]7(O)[C@@H](O)C[C@]6(C)[C@@H]5CC[C@]4(C)[C@@H]3[C@@]2(C)O)[C@H]2C=C[C@@]1(C)CC2. The van der Waals surface area contributed by atoms with Gasteiger partial charge in [-0.25, -0.2) is 0 Å². The maximum atomic E-state index is 14.6. The number of phenolic OH excluding ortho intramolecular Hbond substituents is 2. The molecule has 0 aromatic heterocycles. The van der Waals surface area contributed by atoms with Crippen molar-refractivity contribution in [3.63, 3.8) is 0 Å². The molecule has 9 heteroatoms. The fourth-order valence-corrected chi connectivity index (χ4v) is 14.1. The number of hydrogen-bond donors (Lipinski definition) is 7. The van der Waals surface area contributed by atoms with Crippen molar-refractivity contribution in [1.29, 1.82) is 0 Å². The molecule has 9 aliphatic rings. The molecule has 9 nitrogen and oxygen atoms in total. The van der Waals surface area contributed by atoms with Crippen LogP contribution in [0.2, 0.25) is 0 Å². The monoisotopic (exact) mass is 676 g/mol. The number of aromatic hydroxyl groups is 2. The highest BCUT2D eigenvalue weighted by molar-refractivity contribution is 5.96. The Bertz CT molecular complexity index is 1730. The minimum absolute atomic E-state index is 0.0886. The molecule has 0 radical (unpaired) electrons. The Balaban J connectivity index is 1.14. The third-order valence-corrected chi connectivity index (χ3v) is 16.8. The third-order valence-electron chi connectivity index (χ3n) is 16.8. The summed E-state index contributed by atoms with van der Waals surface area (Å²) >= 11 is 0. The van der Waals surface area contributed by atoms with Gasteiger partial charge in [-0.2, -0.15) is 0 Å². The quantitative estimate of drug-likeness (QED) is 0.202. The number of hydrogen-bond acceptors (Lipinski definition) is 9. The normalized spacial score (nSPS) is 56.7. The van der Waals surface area contributed by atoms with Gasteiger partial charge in [0, 0.05) is 41.6 Å². The van der Waals surface area contributed by atoms with Gasteiger partial charge in [0.1, 0.15) is 17.1 Å². The molecule has 1 aromatic rings. The van der Waals surface area contributed by atoms with E-state index in [1.54, 1.807) is 13.0 Å². The Labute approximate surface area is 287 Å². The van der Waals surface area contributed by atoms with Crippen LogP contribution in [0.15, 0.2) is 35.9 Å². The highest BCUT2D eigenvalue weighted by Gasteiger charge is 2.81. The molecule has 49 heavy (non-hydrogen) atoms. The van der Waals surface area contributed by atoms with Gasteiger partial charge >= 0.3 is 0 Å². The van der Waals surface area contributed by atoms with Crippen LogP contribution in [0.5, 0.6) is 11.5 Å². The van der Waals surface area contributed by atoms with E-state index in [2.05, 4.69) is 19.1 Å². The predicted octanol–water partition coefficient (Wildman–Crippen LogP) is 3.79. The summed E-state index contributed by atoms with van der Waals surface area (Å²) in [4.78, 5) is 14.6. The number of carbonyl (C=O) groups is 1. The topological polar surface area (TPSA) is 168 Å². The molecule has 2 bridgehead atoms. The second-order valence-electron chi connectivity index (χ2n) is 18.6. The Kier molecular flexibility index (Phi) is 6.25. The second kappa shape index (κ2) is 9.39. The highest BCUT2D eigenvalue weighted by Crippen LogP contribution is 2.75. The van der Waals surface area contributed by atoms with Crippen LogP contribution in [-0.4, -0.2) is 82.2 Å². The molecule has 7 N–H and O–H groups in total. The van der Waals surface area contributed by atoms with E-state index >= 15 is 0 Å². The van der Waals surface area contributed by atoms with Crippen molar-refractivity contribution in [2.45, 2.75) is 133 Å². The van der Waals surface area contributed by atoms with E-state index in [9.17, 15) is 40.5 Å². The van der Waals surface area contributed by atoms with Gasteiger partial charge in [0.15, 0.2) is 5.78 Å². The van der Waals surface area contributed by atoms with E-state index in [0.29, 0.717) is 36.0 Å². The lowest BCUT2D eigenvalue weighted by Gasteiger charge is -2.64. The van der Waals surface area contributed by atoms with E-state index < -0.39 is 69.3 Å². The van der Waals surface area contributed by atoms with E-state index in [4.69, 9.17) is 4.74 Å². The van der Waals surface area contributed by atoms with Crippen molar-refractivity contribution in [1.82, 2.24) is 0 Å². The van der Waals surface area contributed by atoms with Gasteiger partial charge in [-0.3, -0.25) is 4.79 Å². The number of fused-ring (bicyclic) bond motifs is 13. The molecule has 1 heterocycles. The van der Waals surface area contributed by atoms with Crippen molar-refractivity contribution in [3.8, 4) is 11.5 Å². The van der Waals surface area contributed by atoms with E-state index in [-0.39, 0.29) is 59.7 Å². The van der Waals surface area contributed by atoms with Crippen LogP contribution in [0.3, 0.4) is 0 Å². The lowest BCUT2D eigenvalue weighted by Crippen LogP contribution is -2.69. The van der Waals surface area contributed by atoms with Gasteiger partial charge in [-0.1, -0.05) is 39.8 Å². The molecular weight excluding hydrogens is 624 g/mol. The fourth-order valence-electron chi connectivity index (χ4n) is 14.1. The number of ether oxygens (including phenoxy) is 1. The number of aliphatic hydroxyl groups is 5. The maximum absolute atomic E-state index is 14.6. The summed E-state index contributed by atoms with van der Waals surface area (Å²) in [7, 11) is 0. The van der Waals surface area contributed by atoms with Gasteiger partial charge in [0.2, 0.25) is 0 Å². The van der Waals surface area contributed by atoms with E-state index in [1.165, 1.54) is 12.1 Å². The van der Waals surface area contributed by atoms with Crippen molar-refractivity contribution in [2.24, 2.45) is 45.8 Å². The number of carbonyl (C=O) groups excluding carboxylic acids is 1. The fraction of sp³-hybridized carbons (Fsp3) is 0.725. The molecule has 1 aliphatic heterocycles. The summed E-state index contributed by atoms with van der Waals surface area (Å²) in [6, 6.07) is 2.78. The molecule has 0 unspecified atom stereocenters. The van der Waals surface area contributed by atoms with Crippen LogP contribution in [0.4, 0.5) is 0 Å². The van der Waals surface area contributed by atoms with Gasteiger partial charge in [-0.05, 0) is 103 Å². The first-order chi connectivity index (χ1) is 22.8. The first-order valence-electron chi connectivity index (χ1n) is 18.5. The maximum Gasteiger partial charge on any atom is 0.160 e. The predicted molar refractivity (Wildman–Crippen MR) is 178 cm³/mol. The summed E-state index contributed by atoms with van der Waals surface area (Å²) in [5.41, 5.74) is -6.07. The lowest BCUT2D eigenvalue weighted by atomic mass is 9.41. The molecule has 8 aliphatic carbocycles. The molecule has 10 rings (SSSR count). The van der Waals surface area contributed by atoms with Crippen molar-refractivity contribution >= 4 is 5.78 Å². The molecule has 0 amide bonds. The van der Waals surface area contributed by atoms with E-state index in [1.807, 2.05) is 20.8 Å². The van der Waals surface area contributed by atoms with Crippen LogP contribution in [0, 0.1) is 45.8 Å². The zero-order valence-electron chi connectivity index (χ0n) is 29.2. The second-order valence-corrected chi connectivity index (χ2v) is 18.6. The summed E-state index contributed by atoms with van der Waals surface area (Å²) in [6.45, 7) is 10.0. The van der Waals surface area contributed by atoms with Crippen LogP contribution in [-0.2, 0) is 16.0 Å². The molecular formula is C40H52O9. The van der Waals surface area contributed by atoms with E-state index in [0.717, 1.165) is 12.8 Å². The average Bonchev–Trinajstić information content (AvgIpc) is 3.35. The number of phenols is 2. The summed E-state index contributed by atoms with van der Waals surface area (Å²) in [5.74, 6) is -3.25. The number of ketones is 1. The lowest BCUT2D eigenvalue weighted by molar-refractivity contribution is -0.236. The Morgan fingerprint density at radius 2 is 1.65 bits per heavy atom. The van der Waals surface area contributed by atoms with Crippen LogP contribution >= 0.6 is 0 Å². The van der Waals surface area contributed by atoms with Gasteiger partial charge in [0.25, 0.3) is 0 Å². The summed E-state index contributed by atoms with van der Waals surface area (Å²) < 4.78 is 7.05. The molecule has 1 saturated heterocycles. The van der Waals surface area contributed by atoms with Crippen molar-refractivity contribution < 1.29 is 45.3 Å². The first-order valence-corrected chi connectivity index (χ1v) is 18.5. The van der Waals surface area contributed by atoms with Crippen molar-refractivity contribution in [2.75, 3.05) is 0 Å². The van der Waals surface area contributed by atoms with Gasteiger partial charge < -0.3 is 40.5 Å². The highest BCUT2D eigenvalue weighted by atomic mass is 16.6. The zero-order chi connectivity index (χ0) is 35.1. The Hall–Kier alpha value is -2.27. The molecule has 266 valence electrons. The number of allylic oxidation sites excluding steroid dienone is 2. The molecule has 4 saturated carbocycles. The molecule has 1 aromatic carbocycles. The largest absolute Gasteiger partial charge is 0.508 e.